The molecule has 2 rings (SSSR count). The van der Waals surface area contributed by atoms with Gasteiger partial charge in [0.15, 0.2) is 0 Å². The van der Waals surface area contributed by atoms with Crippen molar-refractivity contribution in [2.24, 2.45) is 12.0 Å². The SMILES string of the molecule is CCCCn1cc[n+](C)c1/C([O-])=N/C1CCCCC1. The van der Waals surface area contributed by atoms with Crippen LogP contribution < -0.4 is 9.67 Å². The van der Waals surface area contributed by atoms with Gasteiger partial charge in [-0.1, -0.05) is 32.6 Å². The van der Waals surface area contributed by atoms with Crippen LogP contribution in [0.2, 0.25) is 0 Å². The molecule has 1 aromatic rings. The van der Waals surface area contributed by atoms with Crippen LogP contribution >= 0.6 is 0 Å². The summed E-state index contributed by atoms with van der Waals surface area (Å²) >= 11 is 0. The van der Waals surface area contributed by atoms with Gasteiger partial charge in [0, 0.05) is 6.04 Å². The van der Waals surface area contributed by atoms with E-state index in [9.17, 15) is 5.11 Å². The first-order valence-electron chi connectivity index (χ1n) is 7.52. The summed E-state index contributed by atoms with van der Waals surface area (Å²) in [7, 11) is 1.92. The largest absolute Gasteiger partial charge is 0.853 e. The fourth-order valence-corrected chi connectivity index (χ4v) is 2.74. The van der Waals surface area contributed by atoms with Gasteiger partial charge in [-0.15, -0.1) is 0 Å². The second kappa shape index (κ2) is 6.73. The van der Waals surface area contributed by atoms with Crippen LogP contribution in [0.25, 0.3) is 0 Å². The van der Waals surface area contributed by atoms with Crippen molar-refractivity contribution in [1.29, 1.82) is 0 Å². The summed E-state index contributed by atoms with van der Waals surface area (Å²) in [6, 6.07) is 0.246. The first-order valence-corrected chi connectivity index (χ1v) is 7.52. The quantitative estimate of drug-likeness (QED) is 0.451. The number of unbranched alkanes of at least 4 members (excludes halogenated alkanes) is 1. The van der Waals surface area contributed by atoms with Crippen molar-refractivity contribution in [2.45, 2.75) is 64.5 Å². The molecule has 4 heteroatoms. The lowest BCUT2D eigenvalue weighted by atomic mass is 9.96. The molecule has 1 heterocycles. The first kappa shape index (κ1) is 14.1. The maximum Gasteiger partial charge on any atom is 0.291 e. The third-order valence-corrected chi connectivity index (χ3v) is 3.89. The number of nitrogens with zero attached hydrogens (tertiary/aromatic N) is 3. The minimum absolute atomic E-state index is 0.0458. The Hall–Kier alpha value is -1.32. The molecule has 1 saturated carbocycles. The smallest absolute Gasteiger partial charge is 0.291 e. The number of rotatable bonds is 5. The van der Waals surface area contributed by atoms with Crippen molar-refractivity contribution >= 4 is 5.90 Å². The van der Waals surface area contributed by atoms with Crippen molar-refractivity contribution in [3.8, 4) is 0 Å². The van der Waals surface area contributed by atoms with Crippen LogP contribution in [0, 0.1) is 0 Å². The minimum atomic E-state index is -0.0458. The number of imidazole rings is 1. The van der Waals surface area contributed by atoms with Gasteiger partial charge in [0.05, 0.1) is 19.5 Å². The van der Waals surface area contributed by atoms with Crippen LogP contribution in [-0.4, -0.2) is 16.5 Å². The number of hydrogen-bond donors (Lipinski definition) is 0. The lowest BCUT2D eigenvalue weighted by Crippen LogP contribution is -2.41. The Morgan fingerprint density at radius 1 is 1.42 bits per heavy atom. The number of hydrogen-bond acceptors (Lipinski definition) is 2. The fourth-order valence-electron chi connectivity index (χ4n) is 2.74. The third-order valence-electron chi connectivity index (χ3n) is 3.89. The summed E-state index contributed by atoms with van der Waals surface area (Å²) in [6.45, 7) is 3.07. The van der Waals surface area contributed by atoms with Gasteiger partial charge in [-0.3, -0.25) is 4.99 Å². The molecule has 0 N–H and O–H groups in total. The Morgan fingerprint density at radius 2 is 2.16 bits per heavy atom. The average Bonchev–Trinajstić information content (AvgIpc) is 2.78. The molecule has 0 amide bonds. The highest BCUT2D eigenvalue weighted by Gasteiger charge is 2.17. The van der Waals surface area contributed by atoms with Crippen molar-refractivity contribution in [3.63, 3.8) is 0 Å². The predicted molar refractivity (Wildman–Crippen MR) is 73.9 cm³/mol. The molecule has 0 unspecified atom stereocenters. The normalized spacial score (nSPS) is 17.9. The third kappa shape index (κ3) is 3.58. The monoisotopic (exact) mass is 263 g/mol. The molecule has 106 valence electrons. The predicted octanol–water partition coefficient (Wildman–Crippen LogP) is 1.55. The van der Waals surface area contributed by atoms with Crippen molar-refractivity contribution in [1.82, 2.24) is 4.57 Å². The summed E-state index contributed by atoms with van der Waals surface area (Å²) in [5, 5.41) is 12.4. The lowest BCUT2D eigenvalue weighted by molar-refractivity contribution is -0.674. The van der Waals surface area contributed by atoms with Gasteiger partial charge in [-0.25, -0.2) is 9.13 Å². The number of aryl methyl sites for hydroxylation is 2. The molecule has 0 aliphatic heterocycles. The topological polar surface area (TPSA) is 44.2 Å². The summed E-state index contributed by atoms with van der Waals surface area (Å²) in [6.07, 6.45) is 12.0. The Kier molecular flexibility index (Phi) is 5.00. The zero-order valence-corrected chi connectivity index (χ0v) is 12.1. The Balaban J connectivity index is 2.14. The van der Waals surface area contributed by atoms with Crippen molar-refractivity contribution < 1.29 is 9.67 Å². The van der Waals surface area contributed by atoms with Gasteiger partial charge in [0.25, 0.3) is 5.82 Å². The second-order valence-corrected chi connectivity index (χ2v) is 5.51. The fraction of sp³-hybridized carbons (Fsp3) is 0.733. The number of aromatic nitrogens is 2. The van der Waals surface area contributed by atoms with E-state index in [4.69, 9.17) is 0 Å². The van der Waals surface area contributed by atoms with Crippen molar-refractivity contribution in [2.75, 3.05) is 0 Å². The molecule has 0 spiro atoms. The molecule has 19 heavy (non-hydrogen) atoms. The molecule has 0 saturated heterocycles. The van der Waals surface area contributed by atoms with E-state index >= 15 is 0 Å². The van der Waals surface area contributed by atoms with Crippen LogP contribution in [0.1, 0.15) is 57.7 Å². The Bertz CT molecular complexity index is 431. The molecule has 0 radical (unpaired) electrons. The van der Waals surface area contributed by atoms with E-state index in [0.29, 0.717) is 0 Å². The van der Waals surface area contributed by atoms with Gasteiger partial charge < -0.3 is 5.11 Å². The molecule has 0 bridgehead atoms. The Labute approximate surface area is 115 Å². The molecular formula is C15H25N3O. The lowest BCUT2D eigenvalue weighted by Gasteiger charge is -2.20. The van der Waals surface area contributed by atoms with Gasteiger partial charge in [0.2, 0.25) is 0 Å². The zero-order valence-electron chi connectivity index (χ0n) is 12.1. The second-order valence-electron chi connectivity index (χ2n) is 5.51. The van der Waals surface area contributed by atoms with Gasteiger partial charge in [-0.2, -0.15) is 0 Å². The van der Waals surface area contributed by atoms with E-state index in [1.807, 2.05) is 28.6 Å². The highest BCUT2D eigenvalue weighted by Crippen LogP contribution is 2.20. The maximum absolute atomic E-state index is 12.4. The van der Waals surface area contributed by atoms with Crippen molar-refractivity contribution in [3.05, 3.63) is 18.2 Å². The molecule has 1 aromatic heterocycles. The van der Waals surface area contributed by atoms with Gasteiger partial charge >= 0.3 is 0 Å². The summed E-state index contributed by atoms with van der Waals surface area (Å²) in [4.78, 5) is 4.43. The molecule has 0 atom stereocenters. The molecule has 1 fully saturated rings. The standard InChI is InChI=1S/C15H25N3O/c1-3-4-10-18-12-11-17(2)15(18)14(19)16-13-8-6-5-7-9-13/h11-13H,3-10H2,1-2H3. The van der Waals surface area contributed by atoms with E-state index in [2.05, 4.69) is 11.9 Å². The van der Waals surface area contributed by atoms with E-state index < -0.39 is 0 Å². The van der Waals surface area contributed by atoms with Crippen LogP contribution in [-0.2, 0) is 13.6 Å². The molecule has 1 aliphatic rings. The minimum Gasteiger partial charge on any atom is -0.853 e. The maximum atomic E-state index is 12.4. The number of aliphatic imine (C=N–C) groups is 1. The van der Waals surface area contributed by atoms with Crippen LogP contribution in [0.15, 0.2) is 17.4 Å². The summed E-state index contributed by atoms with van der Waals surface area (Å²) < 4.78 is 3.93. The molecule has 4 nitrogen and oxygen atoms in total. The van der Waals surface area contributed by atoms with E-state index in [-0.39, 0.29) is 11.9 Å². The highest BCUT2D eigenvalue weighted by atomic mass is 16.3. The van der Waals surface area contributed by atoms with Crippen LogP contribution in [0.3, 0.4) is 0 Å². The average molecular weight is 263 g/mol. The van der Waals surface area contributed by atoms with Crippen LogP contribution in [0.4, 0.5) is 0 Å². The zero-order chi connectivity index (χ0) is 13.7. The van der Waals surface area contributed by atoms with E-state index in [0.717, 1.165) is 38.1 Å². The summed E-state index contributed by atoms with van der Waals surface area (Å²) in [5.74, 6) is 0.675. The van der Waals surface area contributed by atoms with E-state index in [1.54, 1.807) is 0 Å². The highest BCUT2D eigenvalue weighted by molar-refractivity contribution is 5.85. The Morgan fingerprint density at radius 3 is 2.84 bits per heavy atom. The van der Waals surface area contributed by atoms with E-state index in [1.165, 1.54) is 19.3 Å². The summed E-state index contributed by atoms with van der Waals surface area (Å²) in [5.41, 5.74) is 0. The molecule has 0 aromatic carbocycles. The van der Waals surface area contributed by atoms with Crippen LogP contribution in [0.5, 0.6) is 0 Å². The van der Waals surface area contributed by atoms with Gasteiger partial charge in [-0.05, 0) is 19.3 Å². The molecular weight excluding hydrogens is 238 g/mol. The molecule has 1 aliphatic carbocycles. The first-order chi connectivity index (χ1) is 9.22. The van der Waals surface area contributed by atoms with Gasteiger partial charge in [0.1, 0.15) is 12.4 Å².